The third-order valence-electron chi connectivity index (χ3n) is 6.82. The summed E-state index contributed by atoms with van der Waals surface area (Å²) in [6.45, 7) is 6.45. The maximum absolute atomic E-state index is 14.7. The van der Waals surface area contributed by atoms with Gasteiger partial charge in [-0.3, -0.25) is 19.2 Å². The van der Waals surface area contributed by atoms with E-state index >= 15 is 0 Å². The van der Waals surface area contributed by atoms with Gasteiger partial charge in [-0.05, 0) is 50.5 Å². The van der Waals surface area contributed by atoms with E-state index < -0.39 is 0 Å². The van der Waals surface area contributed by atoms with Gasteiger partial charge in [0.05, 0.1) is 0 Å². The summed E-state index contributed by atoms with van der Waals surface area (Å²) in [6.07, 6.45) is 6.02. The van der Waals surface area contributed by atoms with Crippen molar-refractivity contribution < 1.29 is 14.0 Å². The molecule has 172 valence electrons. The minimum atomic E-state index is -0.320. The Hall–Kier alpha value is -2.74. The van der Waals surface area contributed by atoms with Crippen LogP contribution in [0.1, 0.15) is 54.2 Å². The molecule has 1 atom stereocenters. The maximum Gasteiger partial charge on any atom is 0.276 e. The number of hydrogen-bond acceptors (Lipinski definition) is 4. The number of hydrogen-bond donors (Lipinski definition) is 1. The SMILES string of the molecule is Cc1c(NC(=O)c2ccn(C)n2)ccc(F)c1CN1CCN(C(=O)C2CCCC2)[C@@H](C)C1. The van der Waals surface area contributed by atoms with Gasteiger partial charge < -0.3 is 10.2 Å². The fraction of sp³-hybridized carbons (Fsp3) is 0.542. The first-order valence-electron chi connectivity index (χ1n) is 11.4. The number of nitrogens with one attached hydrogen (secondary N) is 1. The van der Waals surface area contributed by atoms with E-state index in [-0.39, 0.29) is 29.6 Å². The van der Waals surface area contributed by atoms with Crippen molar-refractivity contribution in [3.8, 4) is 0 Å². The van der Waals surface area contributed by atoms with Gasteiger partial charge in [-0.2, -0.15) is 5.10 Å². The number of halogens is 1. The summed E-state index contributed by atoms with van der Waals surface area (Å²) in [4.78, 5) is 29.5. The smallest absolute Gasteiger partial charge is 0.276 e. The molecule has 1 saturated carbocycles. The lowest BCUT2D eigenvalue weighted by Gasteiger charge is -2.41. The molecule has 7 nitrogen and oxygen atoms in total. The van der Waals surface area contributed by atoms with Crippen molar-refractivity contribution in [2.75, 3.05) is 25.0 Å². The molecule has 2 heterocycles. The number of carbonyl (C=O) groups excluding carboxylic acids is 2. The summed E-state index contributed by atoms with van der Waals surface area (Å²) >= 11 is 0. The van der Waals surface area contributed by atoms with Crippen LogP contribution in [0.25, 0.3) is 0 Å². The van der Waals surface area contributed by atoms with Gasteiger partial charge in [-0.1, -0.05) is 12.8 Å². The molecule has 1 aliphatic heterocycles. The average Bonchev–Trinajstić information content (AvgIpc) is 3.45. The van der Waals surface area contributed by atoms with E-state index in [1.165, 1.54) is 6.07 Å². The molecule has 8 heteroatoms. The van der Waals surface area contributed by atoms with Gasteiger partial charge >= 0.3 is 0 Å². The van der Waals surface area contributed by atoms with Crippen LogP contribution in [0.4, 0.5) is 10.1 Å². The molecule has 0 bridgehead atoms. The molecule has 0 radical (unpaired) electrons. The number of anilines is 1. The van der Waals surface area contributed by atoms with Crippen molar-refractivity contribution in [3.05, 3.63) is 47.0 Å². The van der Waals surface area contributed by atoms with Crippen LogP contribution < -0.4 is 5.32 Å². The Labute approximate surface area is 188 Å². The lowest BCUT2D eigenvalue weighted by atomic mass is 10.0. The van der Waals surface area contributed by atoms with Crippen LogP contribution in [0.5, 0.6) is 0 Å². The number of aryl methyl sites for hydroxylation is 1. The number of nitrogens with zero attached hydrogens (tertiary/aromatic N) is 4. The van der Waals surface area contributed by atoms with Crippen LogP contribution >= 0.6 is 0 Å². The summed E-state index contributed by atoms with van der Waals surface area (Å²) in [5.74, 6) is -0.131. The number of aromatic nitrogens is 2. The first-order chi connectivity index (χ1) is 15.3. The normalized spacial score (nSPS) is 20.0. The van der Waals surface area contributed by atoms with Crippen LogP contribution in [-0.4, -0.2) is 57.1 Å². The first-order valence-corrected chi connectivity index (χ1v) is 11.4. The Morgan fingerprint density at radius 3 is 2.59 bits per heavy atom. The summed E-state index contributed by atoms with van der Waals surface area (Å²) < 4.78 is 16.3. The second kappa shape index (κ2) is 9.40. The summed E-state index contributed by atoms with van der Waals surface area (Å²) in [7, 11) is 1.75. The third-order valence-corrected chi connectivity index (χ3v) is 6.82. The largest absolute Gasteiger partial charge is 0.337 e. The zero-order chi connectivity index (χ0) is 22.8. The second-order valence-electron chi connectivity index (χ2n) is 9.12. The van der Waals surface area contributed by atoms with Crippen LogP contribution in [-0.2, 0) is 18.4 Å². The van der Waals surface area contributed by atoms with E-state index in [9.17, 15) is 14.0 Å². The van der Waals surface area contributed by atoms with Gasteiger partial charge in [0.25, 0.3) is 5.91 Å². The Kier molecular flexibility index (Phi) is 6.60. The molecule has 0 unspecified atom stereocenters. The predicted molar refractivity (Wildman–Crippen MR) is 121 cm³/mol. The number of piperazine rings is 1. The minimum Gasteiger partial charge on any atom is -0.337 e. The van der Waals surface area contributed by atoms with Crippen molar-refractivity contribution in [2.45, 2.75) is 52.1 Å². The summed E-state index contributed by atoms with van der Waals surface area (Å²) in [6, 6.07) is 4.74. The lowest BCUT2D eigenvalue weighted by Crippen LogP contribution is -2.54. The van der Waals surface area contributed by atoms with Crippen molar-refractivity contribution in [1.29, 1.82) is 0 Å². The molecule has 1 aliphatic carbocycles. The fourth-order valence-electron chi connectivity index (χ4n) is 4.91. The zero-order valence-corrected chi connectivity index (χ0v) is 19.1. The Morgan fingerprint density at radius 2 is 1.94 bits per heavy atom. The standard InChI is InChI=1S/C24H32FN5O2/c1-16-14-29(12-13-30(16)24(32)18-6-4-5-7-18)15-19-17(2)21(9-8-20(19)25)26-23(31)22-10-11-28(3)27-22/h8-11,16,18H,4-7,12-15H2,1-3H3,(H,26,31)/t16-/m0/s1. The monoisotopic (exact) mass is 441 g/mol. The fourth-order valence-corrected chi connectivity index (χ4v) is 4.91. The van der Waals surface area contributed by atoms with Gasteiger partial charge in [-0.25, -0.2) is 4.39 Å². The molecular weight excluding hydrogens is 409 g/mol. The van der Waals surface area contributed by atoms with E-state index in [1.54, 1.807) is 30.1 Å². The van der Waals surface area contributed by atoms with Crippen LogP contribution in [0, 0.1) is 18.7 Å². The van der Waals surface area contributed by atoms with E-state index in [0.717, 1.165) is 25.7 Å². The molecule has 2 aromatic rings. The maximum atomic E-state index is 14.7. The quantitative estimate of drug-likeness (QED) is 0.773. The topological polar surface area (TPSA) is 70.5 Å². The molecule has 2 fully saturated rings. The van der Waals surface area contributed by atoms with E-state index in [4.69, 9.17) is 0 Å². The number of rotatable bonds is 5. The number of benzene rings is 1. The van der Waals surface area contributed by atoms with Crippen LogP contribution in [0.15, 0.2) is 24.4 Å². The van der Waals surface area contributed by atoms with E-state index in [0.29, 0.717) is 48.7 Å². The first kappa shape index (κ1) is 22.5. The van der Waals surface area contributed by atoms with Crippen molar-refractivity contribution in [1.82, 2.24) is 19.6 Å². The van der Waals surface area contributed by atoms with Gasteiger partial charge in [0.15, 0.2) is 5.69 Å². The number of carbonyl (C=O) groups is 2. The van der Waals surface area contributed by atoms with Crippen LogP contribution in [0.2, 0.25) is 0 Å². The highest BCUT2D eigenvalue weighted by molar-refractivity contribution is 6.03. The number of amides is 2. The zero-order valence-electron chi connectivity index (χ0n) is 19.1. The lowest BCUT2D eigenvalue weighted by molar-refractivity contribution is -0.140. The molecule has 1 saturated heterocycles. The molecule has 1 N–H and O–H groups in total. The van der Waals surface area contributed by atoms with Crippen LogP contribution in [0.3, 0.4) is 0 Å². The highest BCUT2D eigenvalue weighted by Crippen LogP contribution is 2.29. The highest BCUT2D eigenvalue weighted by Gasteiger charge is 2.33. The van der Waals surface area contributed by atoms with Gasteiger partial charge in [-0.15, -0.1) is 0 Å². The molecule has 2 aliphatic rings. The third kappa shape index (κ3) is 4.70. The molecule has 0 spiro atoms. The molecular formula is C24H32FN5O2. The second-order valence-corrected chi connectivity index (χ2v) is 9.12. The van der Waals surface area contributed by atoms with Gasteiger partial charge in [0.1, 0.15) is 5.82 Å². The summed E-state index contributed by atoms with van der Waals surface area (Å²) in [5, 5.41) is 6.97. The Morgan fingerprint density at radius 1 is 1.19 bits per heavy atom. The van der Waals surface area contributed by atoms with Gasteiger partial charge in [0, 0.05) is 62.6 Å². The average molecular weight is 442 g/mol. The van der Waals surface area contributed by atoms with Gasteiger partial charge in [0.2, 0.25) is 5.91 Å². The van der Waals surface area contributed by atoms with Crippen molar-refractivity contribution in [2.24, 2.45) is 13.0 Å². The van der Waals surface area contributed by atoms with E-state index in [2.05, 4.69) is 22.2 Å². The molecule has 2 amide bonds. The molecule has 1 aromatic heterocycles. The highest BCUT2D eigenvalue weighted by atomic mass is 19.1. The summed E-state index contributed by atoms with van der Waals surface area (Å²) in [5.41, 5.74) is 2.19. The Balaban J connectivity index is 1.42. The van der Waals surface area contributed by atoms with E-state index in [1.807, 2.05) is 11.8 Å². The molecule has 4 rings (SSSR count). The molecule has 1 aromatic carbocycles. The molecule has 32 heavy (non-hydrogen) atoms. The Bertz CT molecular complexity index is 998. The van der Waals surface area contributed by atoms with Crippen molar-refractivity contribution >= 4 is 17.5 Å². The predicted octanol–water partition coefficient (Wildman–Crippen LogP) is 3.34. The van der Waals surface area contributed by atoms with Crippen molar-refractivity contribution in [3.63, 3.8) is 0 Å². The minimum absolute atomic E-state index is 0.104.